The summed E-state index contributed by atoms with van der Waals surface area (Å²) in [5.41, 5.74) is 3.28. The van der Waals surface area contributed by atoms with Gasteiger partial charge in [-0.1, -0.05) is 11.6 Å². The van der Waals surface area contributed by atoms with Crippen LogP contribution in [-0.2, 0) is 18.4 Å². The van der Waals surface area contributed by atoms with E-state index in [9.17, 15) is 4.79 Å². The van der Waals surface area contributed by atoms with E-state index in [0.29, 0.717) is 41.0 Å². The fraction of sp³-hybridized carbons (Fsp3) is 0.316. The number of fused-ring (bicyclic) bond motifs is 2. The lowest BCUT2D eigenvalue weighted by molar-refractivity contribution is 0.0471. The van der Waals surface area contributed by atoms with Gasteiger partial charge >= 0.3 is 5.97 Å². The predicted octanol–water partition coefficient (Wildman–Crippen LogP) is 3.37. The first-order valence-electron chi connectivity index (χ1n) is 8.50. The highest BCUT2D eigenvalue weighted by molar-refractivity contribution is 6.32. The van der Waals surface area contributed by atoms with Crippen molar-refractivity contribution in [2.75, 3.05) is 13.2 Å². The molecular formula is C19H18ClN3O4. The van der Waals surface area contributed by atoms with Crippen molar-refractivity contribution in [2.24, 2.45) is 7.05 Å². The van der Waals surface area contributed by atoms with E-state index in [1.807, 2.05) is 14.0 Å². The van der Waals surface area contributed by atoms with E-state index < -0.39 is 5.97 Å². The minimum Gasteiger partial charge on any atom is -0.486 e. The molecule has 27 heavy (non-hydrogen) atoms. The van der Waals surface area contributed by atoms with Gasteiger partial charge in [-0.3, -0.25) is 4.68 Å². The van der Waals surface area contributed by atoms with Crippen molar-refractivity contribution in [3.8, 4) is 11.5 Å². The normalized spacial score (nSPS) is 13.0. The van der Waals surface area contributed by atoms with Crippen LogP contribution in [-0.4, -0.2) is 33.9 Å². The Morgan fingerprint density at radius 1 is 1.22 bits per heavy atom. The number of pyridine rings is 1. The Balaban J connectivity index is 1.56. The molecule has 0 N–H and O–H groups in total. The molecule has 0 unspecified atom stereocenters. The first-order chi connectivity index (χ1) is 12.9. The minimum atomic E-state index is -0.448. The Morgan fingerprint density at radius 2 is 2.00 bits per heavy atom. The van der Waals surface area contributed by atoms with E-state index in [1.165, 1.54) is 0 Å². The number of ether oxygens (including phenoxy) is 3. The zero-order valence-corrected chi connectivity index (χ0v) is 16.0. The van der Waals surface area contributed by atoms with Crippen molar-refractivity contribution in [3.05, 3.63) is 45.7 Å². The van der Waals surface area contributed by atoms with Crippen LogP contribution in [0.15, 0.2) is 18.2 Å². The fourth-order valence-electron chi connectivity index (χ4n) is 3.11. The quantitative estimate of drug-likeness (QED) is 0.641. The Hall–Kier alpha value is -2.80. The molecule has 0 saturated carbocycles. The van der Waals surface area contributed by atoms with Gasteiger partial charge in [-0.15, -0.1) is 0 Å². The molecule has 0 bridgehead atoms. The molecule has 3 heterocycles. The molecule has 0 amide bonds. The van der Waals surface area contributed by atoms with E-state index in [0.717, 1.165) is 22.3 Å². The molecular weight excluding hydrogens is 370 g/mol. The van der Waals surface area contributed by atoms with Gasteiger partial charge in [-0.05, 0) is 37.6 Å². The molecule has 2 aromatic heterocycles. The van der Waals surface area contributed by atoms with Gasteiger partial charge in [0.15, 0.2) is 17.1 Å². The third-order valence-corrected chi connectivity index (χ3v) is 4.72. The first-order valence-corrected chi connectivity index (χ1v) is 8.88. The summed E-state index contributed by atoms with van der Waals surface area (Å²) in [7, 11) is 1.82. The summed E-state index contributed by atoms with van der Waals surface area (Å²) < 4.78 is 18.2. The van der Waals surface area contributed by atoms with Crippen LogP contribution in [0.1, 0.15) is 27.3 Å². The van der Waals surface area contributed by atoms with Gasteiger partial charge in [0.2, 0.25) is 0 Å². The number of halogens is 1. The lowest BCUT2D eigenvalue weighted by Crippen LogP contribution is -2.16. The van der Waals surface area contributed by atoms with Crippen LogP contribution in [0.25, 0.3) is 11.0 Å². The Bertz CT molecular complexity index is 1060. The van der Waals surface area contributed by atoms with E-state index in [1.54, 1.807) is 29.8 Å². The summed E-state index contributed by atoms with van der Waals surface area (Å²) in [6, 6.07) is 5.26. The molecule has 0 spiro atoms. The molecule has 0 aliphatic carbocycles. The molecule has 1 aliphatic heterocycles. The third-order valence-electron chi connectivity index (χ3n) is 4.44. The largest absolute Gasteiger partial charge is 0.486 e. The average Bonchev–Trinajstić information content (AvgIpc) is 2.92. The van der Waals surface area contributed by atoms with Gasteiger partial charge in [0.1, 0.15) is 19.8 Å². The summed E-state index contributed by atoms with van der Waals surface area (Å²) in [4.78, 5) is 17.1. The van der Waals surface area contributed by atoms with E-state index in [-0.39, 0.29) is 6.61 Å². The molecule has 1 aliphatic rings. The number of rotatable bonds is 3. The second kappa shape index (κ2) is 6.74. The maximum Gasteiger partial charge on any atom is 0.340 e. The maximum absolute atomic E-state index is 12.6. The van der Waals surface area contributed by atoms with Crippen molar-refractivity contribution < 1.29 is 19.0 Å². The van der Waals surface area contributed by atoms with Crippen LogP contribution < -0.4 is 9.47 Å². The van der Waals surface area contributed by atoms with Gasteiger partial charge in [0.05, 0.1) is 22.0 Å². The van der Waals surface area contributed by atoms with E-state index in [4.69, 9.17) is 25.8 Å². The summed E-state index contributed by atoms with van der Waals surface area (Å²) in [6.45, 7) is 4.65. The first kappa shape index (κ1) is 17.6. The second-order valence-corrected chi connectivity index (χ2v) is 6.79. The number of nitrogens with zero attached hydrogens (tertiary/aromatic N) is 3. The number of esters is 1. The number of aryl methyl sites for hydroxylation is 3. The molecule has 0 saturated heterocycles. The zero-order valence-electron chi connectivity index (χ0n) is 15.2. The third kappa shape index (κ3) is 3.19. The van der Waals surface area contributed by atoms with Gasteiger partial charge in [0, 0.05) is 12.4 Å². The molecule has 0 atom stereocenters. The Morgan fingerprint density at radius 3 is 2.81 bits per heavy atom. The SMILES string of the molecule is Cc1nc2c(cc1C(=O)OCc1cc(Cl)c3c(c1)OCCO3)c(C)nn2C. The number of hydrogen-bond acceptors (Lipinski definition) is 6. The van der Waals surface area contributed by atoms with Gasteiger partial charge in [-0.25, -0.2) is 9.78 Å². The zero-order chi connectivity index (χ0) is 19.1. The molecule has 1 aromatic carbocycles. The van der Waals surface area contributed by atoms with E-state index >= 15 is 0 Å². The van der Waals surface area contributed by atoms with Crippen LogP contribution >= 0.6 is 11.6 Å². The Labute approximate surface area is 160 Å². The van der Waals surface area contributed by atoms with Crippen molar-refractivity contribution in [2.45, 2.75) is 20.5 Å². The number of carbonyl (C=O) groups excluding carboxylic acids is 1. The van der Waals surface area contributed by atoms with Crippen molar-refractivity contribution in [1.82, 2.24) is 14.8 Å². The fourth-order valence-corrected chi connectivity index (χ4v) is 3.40. The highest BCUT2D eigenvalue weighted by Crippen LogP contribution is 2.38. The smallest absolute Gasteiger partial charge is 0.340 e. The van der Waals surface area contributed by atoms with Gasteiger partial charge < -0.3 is 14.2 Å². The lowest BCUT2D eigenvalue weighted by atomic mass is 10.1. The van der Waals surface area contributed by atoms with Gasteiger partial charge in [-0.2, -0.15) is 5.10 Å². The summed E-state index contributed by atoms with van der Waals surface area (Å²) >= 11 is 6.23. The summed E-state index contributed by atoms with van der Waals surface area (Å²) in [5, 5.41) is 5.60. The molecule has 7 nitrogen and oxygen atoms in total. The minimum absolute atomic E-state index is 0.0681. The highest BCUT2D eigenvalue weighted by Gasteiger charge is 2.19. The summed E-state index contributed by atoms with van der Waals surface area (Å²) in [5.74, 6) is 0.636. The average molecular weight is 388 g/mol. The monoisotopic (exact) mass is 387 g/mol. The van der Waals surface area contributed by atoms with Crippen molar-refractivity contribution in [1.29, 1.82) is 0 Å². The van der Waals surface area contributed by atoms with Crippen LogP contribution in [0.5, 0.6) is 11.5 Å². The van der Waals surface area contributed by atoms with E-state index in [2.05, 4.69) is 10.1 Å². The molecule has 0 radical (unpaired) electrons. The van der Waals surface area contributed by atoms with Gasteiger partial charge in [0.25, 0.3) is 0 Å². The van der Waals surface area contributed by atoms with Crippen LogP contribution in [0, 0.1) is 13.8 Å². The number of hydrogen-bond donors (Lipinski definition) is 0. The standard InChI is InChI=1S/C19H18ClN3O4/c1-10-14(8-13-11(2)22-23(3)18(13)21-10)19(24)27-9-12-6-15(20)17-16(7-12)25-4-5-26-17/h6-8H,4-5,9H2,1-3H3. The molecule has 8 heteroatoms. The number of benzene rings is 1. The molecule has 140 valence electrons. The lowest BCUT2D eigenvalue weighted by Gasteiger charge is -2.20. The molecule has 0 fully saturated rings. The summed E-state index contributed by atoms with van der Waals surface area (Å²) in [6.07, 6.45) is 0. The maximum atomic E-state index is 12.6. The van der Waals surface area contributed by atoms with Crippen LogP contribution in [0.4, 0.5) is 0 Å². The van der Waals surface area contributed by atoms with Crippen molar-refractivity contribution in [3.63, 3.8) is 0 Å². The predicted molar refractivity (Wildman–Crippen MR) is 99.5 cm³/mol. The number of carbonyl (C=O) groups is 1. The topological polar surface area (TPSA) is 75.5 Å². The number of aromatic nitrogens is 3. The molecule has 4 rings (SSSR count). The molecule has 3 aromatic rings. The van der Waals surface area contributed by atoms with Crippen molar-refractivity contribution >= 4 is 28.6 Å². The highest BCUT2D eigenvalue weighted by atomic mass is 35.5. The van der Waals surface area contributed by atoms with Crippen LogP contribution in [0.3, 0.4) is 0 Å². The Kier molecular flexibility index (Phi) is 4.39. The van der Waals surface area contributed by atoms with Crippen LogP contribution in [0.2, 0.25) is 5.02 Å². The second-order valence-electron chi connectivity index (χ2n) is 6.38.